The van der Waals surface area contributed by atoms with E-state index < -0.39 is 4.92 Å². The van der Waals surface area contributed by atoms with Gasteiger partial charge in [-0.05, 0) is 49.2 Å². The molecule has 0 saturated carbocycles. The van der Waals surface area contributed by atoms with Gasteiger partial charge < -0.3 is 19.3 Å². The molecule has 1 saturated heterocycles. The molecule has 0 radical (unpaired) electrons. The normalized spacial score (nSPS) is 14.1. The predicted octanol–water partition coefficient (Wildman–Crippen LogP) is 6.08. The van der Waals surface area contributed by atoms with Crippen LogP contribution < -0.4 is 5.32 Å². The number of nitrogens with one attached hydrogen (secondary N) is 1. The first-order valence-corrected chi connectivity index (χ1v) is 13.6. The number of halogens is 1. The molecule has 12 heteroatoms. The third kappa shape index (κ3) is 5.23. The number of amides is 1. The lowest BCUT2D eigenvalue weighted by Gasteiger charge is -2.33. The van der Waals surface area contributed by atoms with Crippen molar-refractivity contribution in [3.63, 3.8) is 0 Å². The van der Waals surface area contributed by atoms with Gasteiger partial charge >= 0.3 is 0 Å². The zero-order chi connectivity index (χ0) is 26.9. The fourth-order valence-electron chi connectivity index (χ4n) is 4.90. The van der Waals surface area contributed by atoms with E-state index in [4.69, 9.17) is 16.1 Å². The smallest absolute Gasteiger partial charge is 0.270 e. The third-order valence-electron chi connectivity index (χ3n) is 6.84. The van der Waals surface area contributed by atoms with Crippen molar-refractivity contribution in [3.05, 3.63) is 92.8 Å². The maximum Gasteiger partial charge on any atom is 0.270 e. The highest BCUT2D eigenvalue weighted by Crippen LogP contribution is 2.32. The number of nitro groups is 1. The first-order valence-electron chi connectivity index (χ1n) is 12.4. The van der Waals surface area contributed by atoms with Crippen molar-refractivity contribution in [2.75, 3.05) is 18.4 Å². The summed E-state index contributed by atoms with van der Waals surface area (Å²) in [6.07, 6.45) is 5.10. The molecule has 198 valence electrons. The summed E-state index contributed by atoms with van der Waals surface area (Å²) in [5, 5.41) is 19.7. The van der Waals surface area contributed by atoms with E-state index in [2.05, 4.69) is 15.5 Å². The van der Waals surface area contributed by atoms with E-state index in [0.29, 0.717) is 45.5 Å². The van der Waals surface area contributed by atoms with E-state index >= 15 is 0 Å². The number of piperidine rings is 1. The number of non-ortho nitro benzene ring substituents is 1. The van der Waals surface area contributed by atoms with Gasteiger partial charge in [-0.1, -0.05) is 16.8 Å². The summed E-state index contributed by atoms with van der Waals surface area (Å²) >= 11 is 7.46. The number of thiophene rings is 1. The maximum absolute atomic E-state index is 13.8. The minimum absolute atomic E-state index is 0.0278. The Bertz CT molecular complexity index is 1660. The van der Waals surface area contributed by atoms with Gasteiger partial charge in [-0.25, -0.2) is 0 Å². The number of carbonyl (C=O) groups excluding carboxylic acids is 1. The molecule has 0 aliphatic carbocycles. The maximum atomic E-state index is 13.8. The van der Waals surface area contributed by atoms with Crippen LogP contribution in [0.1, 0.15) is 29.0 Å². The summed E-state index contributed by atoms with van der Waals surface area (Å²) in [7, 11) is 0. The van der Waals surface area contributed by atoms with Crippen LogP contribution in [0.25, 0.3) is 21.5 Å². The van der Waals surface area contributed by atoms with E-state index in [9.17, 15) is 14.9 Å². The van der Waals surface area contributed by atoms with Crippen LogP contribution in [0.15, 0.2) is 71.5 Å². The zero-order valence-corrected chi connectivity index (χ0v) is 22.2. The van der Waals surface area contributed by atoms with Crippen LogP contribution in [0, 0.1) is 10.1 Å². The van der Waals surface area contributed by atoms with Gasteiger partial charge in [-0.2, -0.15) is 0 Å². The largest absolute Gasteiger partial charge is 0.382 e. The summed E-state index contributed by atoms with van der Waals surface area (Å²) in [6.45, 7) is 1.46. The minimum Gasteiger partial charge on any atom is -0.382 e. The van der Waals surface area contributed by atoms with Gasteiger partial charge in [0, 0.05) is 66.3 Å². The molecule has 6 rings (SSSR count). The number of rotatable bonds is 7. The lowest BCUT2D eigenvalue weighted by atomic mass is 10.0. The average molecular weight is 563 g/mol. The number of likely N-dealkylation sites (tertiary alicyclic amines) is 1. The van der Waals surface area contributed by atoms with Gasteiger partial charge in [0.25, 0.3) is 11.6 Å². The topological polar surface area (TPSA) is 119 Å². The molecule has 1 aromatic carbocycles. The van der Waals surface area contributed by atoms with Crippen LogP contribution in [-0.4, -0.2) is 49.6 Å². The first-order chi connectivity index (χ1) is 18.9. The molecule has 0 spiro atoms. The van der Waals surface area contributed by atoms with Gasteiger partial charge in [0.1, 0.15) is 11.4 Å². The first kappa shape index (κ1) is 25.1. The lowest BCUT2D eigenvalue weighted by molar-refractivity contribution is -0.384. The van der Waals surface area contributed by atoms with Gasteiger partial charge in [-0.15, -0.1) is 11.3 Å². The van der Waals surface area contributed by atoms with Crippen molar-refractivity contribution >= 4 is 51.1 Å². The highest BCUT2D eigenvalue weighted by atomic mass is 35.5. The van der Waals surface area contributed by atoms with Crippen molar-refractivity contribution < 1.29 is 14.2 Å². The van der Waals surface area contributed by atoms with Crippen LogP contribution in [0.5, 0.6) is 0 Å². The number of nitrogens with zero attached hydrogens (tertiary/aromatic N) is 5. The Hall–Kier alpha value is -4.22. The standard InChI is InChI=1S/C27H23ClN6O4S/c28-26-4-3-25(39-26)24-15-20(31-38-24)16-33-22-2-1-21(34(36)37)13-17(22)14-23(33)27(35)32-11-7-19(8-12-32)30-18-5-9-29-10-6-18/h1-6,9-10,13-15,19H,7-8,11-12,16H2,(H,29,30). The molecule has 5 aromatic rings. The average Bonchev–Trinajstić information content (AvgIpc) is 3.68. The Morgan fingerprint density at radius 3 is 2.64 bits per heavy atom. The summed E-state index contributed by atoms with van der Waals surface area (Å²) in [6, 6.07) is 15.9. The Labute approximate surface area is 232 Å². The Balaban J connectivity index is 1.26. The van der Waals surface area contributed by atoms with Crippen LogP contribution in [0.2, 0.25) is 4.34 Å². The summed E-state index contributed by atoms with van der Waals surface area (Å²) in [5.41, 5.74) is 2.77. The van der Waals surface area contributed by atoms with Crippen LogP contribution in [-0.2, 0) is 6.54 Å². The number of benzene rings is 1. The second kappa shape index (κ2) is 10.5. The molecular formula is C27H23ClN6O4S. The van der Waals surface area contributed by atoms with Gasteiger partial charge in [0.05, 0.1) is 20.7 Å². The fraction of sp³-hybridized carbons (Fsp3) is 0.222. The minimum atomic E-state index is -0.436. The molecule has 10 nitrogen and oxygen atoms in total. The van der Waals surface area contributed by atoms with Gasteiger partial charge in [0.2, 0.25) is 0 Å². The van der Waals surface area contributed by atoms with Crippen LogP contribution in [0.4, 0.5) is 11.4 Å². The van der Waals surface area contributed by atoms with Crippen molar-refractivity contribution in [2.45, 2.75) is 25.4 Å². The summed E-state index contributed by atoms with van der Waals surface area (Å²) in [5.74, 6) is 0.468. The number of fused-ring (bicyclic) bond motifs is 1. The zero-order valence-electron chi connectivity index (χ0n) is 20.6. The highest BCUT2D eigenvalue weighted by Gasteiger charge is 2.27. The Kier molecular flexibility index (Phi) is 6.76. The molecule has 4 aromatic heterocycles. The fourth-order valence-corrected chi connectivity index (χ4v) is 5.89. The van der Waals surface area contributed by atoms with Gasteiger partial charge in [0.15, 0.2) is 5.76 Å². The Morgan fingerprint density at radius 2 is 1.92 bits per heavy atom. The molecule has 1 aliphatic heterocycles. The van der Waals surface area contributed by atoms with Crippen molar-refractivity contribution in [3.8, 4) is 10.6 Å². The SMILES string of the molecule is O=C(c1cc2cc([N+](=O)[O-])ccc2n1Cc1cc(-c2ccc(Cl)s2)on1)N1CCC(Nc2ccncc2)CC1. The van der Waals surface area contributed by atoms with E-state index in [-0.39, 0.29) is 24.2 Å². The molecule has 1 N–H and O–H groups in total. The van der Waals surface area contributed by atoms with Crippen molar-refractivity contribution in [2.24, 2.45) is 0 Å². The molecule has 1 aliphatic rings. The molecule has 0 unspecified atom stereocenters. The third-order valence-corrected chi connectivity index (χ3v) is 8.09. The monoisotopic (exact) mass is 562 g/mol. The molecular weight excluding hydrogens is 540 g/mol. The number of aromatic nitrogens is 3. The second-order valence-electron chi connectivity index (χ2n) is 9.35. The number of hydrogen-bond donors (Lipinski definition) is 1. The van der Waals surface area contributed by atoms with Gasteiger partial charge in [-0.3, -0.25) is 19.9 Å². The molecule has 0 bridgehead atoms. The second-order valence-corrected chi connectivity index (χ2v) is 11.1. The Morgan fingerprint density at radius 1 is 1.13 bits per heavy atom. The lowest BCUT2D eigenvalue weighted by Crippen LogP contribution is -2.43. The molecule has 1 amide bonds. The van der Waals surface area contributed by atoms with Crippen molar-refractivity contribution in [1.82, 2.24) is 19.6 Å². The highest BCUT2D eigenvalue weighted by molar-refractivity contribution is 7.19. The van der Waals surface area contributed by atoms with Crippen LogP contribution >= 0.6 is 22.9 Å². The number of anilines is 1. The summed E-state index contributed by atoms with van der Waals surface area (Å²) in [4.78, 5) is 31.5. The number of carbonyl (C=O) groups is 1. The molecule has 5 heterocycles. The summed E-state index contributed by atoms with van der Waals surface area (Å²) < 4.78 is 8.05. The molecule has 1 fully saturated rings. The predicted molar refractivity (Wildman–Crippen MR) is 149 cm³/mol. The van der Waals surface area contributed by atoms with E-state index in [1.165, 1.54) is 23.5 Å². The quantitative estimate of drug-likeness (QED) is 0.188. The van der Waals surface area contributed by atoms with E-state index in [0.717, 1.165) is 23.4 Å². The van der Waals surface area contributed by atoms with Crippen LogP contribution in [0.3, 0.4) is 0 Å². The van der Waals surface area contributed by atoms with Crippen molar-refractivity contribution in [1.29, 1.82) is 0 Å². The van der Waals surface area contributed by atoms with E-state index in [1.54, 1.807) is 30.6 Å². The number of nitro benzene ring substituents is 1. The molecule has 39 heavy (non-hydrogen) atoms. The van der Waals surface area contributed by atoms with E-state index in [1.807, 2.05) is 33.7 Å². The number of hydrogen-bond acceptors (Lipinski definition) is 8. The molecule has 0 atom stereocenters. The number of pyridine rings is 1.